The smallest absolute Gasteiger partial charge is 0.240 e. The summed E-state index contributed by atoms with van der Waals surface area (Å²) in [6.07, 6.45) is 2.24. The first-order chi connectivity index (χ1) is 13.3. The number of nitrogens with one attached hydrogen (secondary N) is 1. The normalized spacial score (nSPS) is 16.3. The molecule has 1 fully saturated rings. The lowest BCUT2D eigenvalue weighted by atomic mass is 10.1. The Hall–Kier alpha value is -1.96. The number of hydrogen-bond donors (Lipinski definition) is 1. The quantitative estimate of drug-likeness (QED) is 0.768. The van der Waals surface area contributed by atoms with E-state index in [0.29, 0.717) is 5.56 Å². The standard InChI is InChI=1S/C21H28FN3O2S/c1-16-14-18(22)8-11-21(16)28(26,27)23-15-20(25-12-4-5-13-25)17-6-9-19(10-7-17)24(2)3/h6-11,14,20,23H,4-5,12-13,15H2,1-3H3/t20-/m0/s1. The summed E-state index contributed by atoms with van der Waals surface area (Å²) in [5, 5.41) is 0. The maximum atomic E-state index is 13.3. The van der Waals surface area contributed by atoms with Gasteiger partial charge >= 0.3 is 0 Å². The van der Waals surface area contributed by atoms with E-state index in [1.54, 1.807) is 6.92 Å². The molecule has 1 saturated heterocycles. The molecule has 28 heavy (non-hydrogen) atoms. The molecule has 3 rings (SSSR count). The molecule has 5 nitrogen and oxygen atoms in total. The minimum absolute atomic E-state index is 0.0331. The third kappa shape index (κ3) is 4.71. The molecule has 0 spiro atoms. The van der Waals surface area contributed by atoms with E-state index in [0.717, 1.165) is 37.2 Å². The van der Waals surface area contributed by atoms with Gasteiger partial charge in [0, 0.05) is 32.4 Å². The minimum atomic E-state index is -3.71. The van der Waals surface area contributed by atoms with Crippen LogP contribution in [-0.2, 0) is 10.0 Å². The third-order valence-corrected chi connectivity index (χ3v) is 6.85. The summed E-state index contributed by atoms with van der Waals surface area (Å²) >= 11 is 0. The van der Waals surface area contributed by atoms with Crippen molar-refractivity contribution in [1.29, 1.82) is 0 Å². The van der Waals surface area contributed by atoms with Gasteiger partial charge < -0.3 is 4.90 Å². The Kier molecular flexibility index (Phi) is 6.37. The zero-order valence-electron chi connectivity index (χ0n) is 16.7. The van der Waals surface area contributed by atoms with Crippen LogP contribution in [0.25, 0.3) is 0 Å². The predicted octanol–water partition coefficient (Wildman–Crippen LogP) is 3.32. The van der Waals surface area contributed by atoms with E-state index in [2.05, 4.69) is 33.9 Å². The average molecular weight is 406 g/mol. The molecule has 1 heterocycles. The fourth-order valence-electron chi connectivity index (χ4n) is 3.69. The van der Waals surface area contributed by atoms with Gasteiger partial charge in [-0.25, -0.2) is 17.5 Å². The number of halogens is 1. The van der Waals surface area contributed by atoms with Crippen LogP contribution in [-0.4, -0.2) is 47.0 Å². The fourth-order valence-corrected chi connectivity index (χ4v) is 4.95. The summed E-state index contributed by atoms with van der Waals surface area (Å²) in [5.74, 6) is -0.438. The van der Waals surface area contributed by atoms with E-state index in [4.69, 9.17) is 0 Å². The largest absolute Gasteiger partial charge is 0.378 e. The second-order valence-electron chi connectivity index (χ2n) is 7.51. The number of sulfonamides is 1. The molecule has 0 saturated carbocycles. The molecule has 1 N–H and O–H groups in total. The highest BCUT2D eigenvalue weighted by Crippen LogP contribution is 2.27. The highest BCUT2D eigenvalue weighted by atomic mass is 32.2. The lowest BCUT2D eigenvalue weighted by molar-refractivity contribution is 0.246. The number of nitrogens with zero attached hydrogens (tertiary/aromatic N) is 2. The Bertz CT molecular complexity index is 908. The summed E-state index contributed by atoms with van der Waals surface area (Å²) < 4.78 is 41.7. The number of rotatable bonds is 7. The summed E-state index contributed by atoms with van der Waals surface area (Å²) in [6, 6.07) is 11.9. The van der Waals surface area contributed by atoms with Crippen molar-refractivity contribution >= 4 is 15.7 Å². The molecule has 0 unspecified atom stereocenters. The van der Waals surface area contributed by atoms with Crippen LogP contribution in [0.2, 0.25) is 0 Å². The van der Waals surface area contributed by atoms with Crippen LogP contribution in [0.4, 0.5) is 10.1 Å². The van der Waals surface area contributed by atoms with Crippen molar-refractivity contribution in [2.75, 3.05) is 38.6 Å². The molecule has 0 aliphatic carbocycles. The summed E-state index contributed by atoms with van der Waals surface area (Å²) in [5.41, 5.74) is 2.60. The van der Waals surface area contributed by atoms with Crippen LogP contribution in [0.1, 0.15) is 30.0 Å². The predicted molar refractivity (Wildman–Crippen MR) is 111 cm³/mol. The summed E-state index contributed by atoms with van der Waals surface area (Å²) in [7, 11) is 0.271. The van der Waals surface area contributed by atoms with Gasteiger partial charge in [-0.2, -0.15) is 0 Å². The molecule has 0 radical (unpaired) electrons. The maximum Gasteiger partial charge on any atom is 0.240 e. The van der Waals surface area contributed by atoms with Crippen LogP contribution >= 0.6 is 0 Å². The maximum absolute atomic E-state index is 13.3. The van der Waals surface area contributed by atoms with Gasteiger partial charge in [0.2, 0.25) is 10.0 Å². The number of aryl methyl sites for hydroxylation is 1. The number of likely N-dealkylation sites (tertiary alicyclic amines) is 1. The van der Waals surface area contributed by atoms with Crippen molar-refractivity contribution in [3.63, 3.8) is 0 Å². The lowest BCUT2D eigenvalue weighted by Crippen LogP contribution is -2.37. The van der Waals surface area contributed by atoms with Crippen LogP contribution in [0.3, 0.4) is 0 Å². The molecule has 2 aromatic rings. The van der Waals surface area contributed by atoms with Gasteiger partial charge in [-0.15, -0.1) is 0 Å². The van der Waals surface area contributed by atoms with Gasteiger partial charge in [0.1, 0.15) is 5.82 Å². The molecule has 1 aliphatic heterocycles. The Morgan fingerprint density at radius 2 is 1.75 bits per heavy atom. The number of benzene rings is 2. The minimum Gasteiger partial charge on any atom is -0.378 e. The molecule has 0 aromatic heterocycles. The molecule has 1 atom stereocenters. The van der Waals surface area contributed by atoms with Crippen molar-refractivity contribution < 1.29 is 12.8 Å². The van der Waals surface area contributed by atoms with E-state index in [1.165, 1.54) is 18.2 Å². The van der Waals surface area contributed by atoms with Crippen LogP contribution in [0, 0.1) is 12.7 Å². The van der Waals surface area contributed by atoms with E-state index in [-0.39, 0.29) is 17.5 Å². The molecule has 152 valence electrons. The van der Waals surface area contributed by atoms with E-state index in [1.807, 2.05) is 19.0 Å². The van der Waals surface area contributed by atoms with E-state index >= 15 is 0 Å². The van der Waals surface area contributed by atoms with Crippen LogP contribution in [0.5, 0.6) is 0 Å². The monoisotopic (exact) mass is 405 g/mol. The first-order valence-electron chi connectivity index (χ1n) is 9.55. The third-order valence-electron chi connectivity index (χ3n) is 5.27. The first kappa shape index (κ1) is 20.8. The highest BCUT2D eigenvalue weighted by molar-refractivity contribution is 7.89. The van der Waals surface area contributed by atoms with Crippen LogP contribution < -0.4 is 9.62 Å². The SMILES string of the molecule is Cc1cc(F)ccc1S(=O)(=O)NC[C@@H](c1ccc(N(C)C)cc1)N1CCCC1. The van der Waals surface area contributed by atoms with Gasteiger partial charge in [0.25, 0.3) is 0 Å². The zero-order chi connectivity index (χ0) is 20.3. The second kappa shape index (κ2) is 8.59. The number of hydrogen-bond acceptors (Lipinski definition) is 4. The summed E-state index contributed by atoms with van der Waals surface area (Å²) in [6.45, 7) is 3.80. The summed E-state index contributed by atoms with van der Waals surface area (Å²) in [4.78, 5) is 4.48. The van der Waals surface area contributed by atoms with Crippen molar-refractivity contribution in [3.05, 3.63) is 59.4 Å². The van der Waals surface area contributed by atoms with Crippen molar-refractivity contribution in [1.82, 2.24) is 9.62 Å². The van der Waals surface area contributed by atoms with Crippen molar-refractivity contribution in [2.24, 2.45) is 0 Å². The molecular weight excluding hydrogens is 377 g/mol. The van der Waals surface area contributed by atoms with Crippen molar-refractivity contribution in [2.45, 2.75) is 30.7 Å². The van der Waals surface area contributed by atoms with Gasteiger partial charge in [-0.05, 0) is 74.3 Å². The van der Waals surface area contributed by atoms with E-state index in [9.17, 15) is 12.8 Å². The topological polar surface area (TPSA) is 52.7 Å². The van der Waals surface area contributed by atoms with Gasteiger partial charge in [-0.1, -0.05) is 12.1 Å². The molecule has 0 bridgehead atoms. The Balaban J connectivity index is 1.81. The van der Waals surface area contributed by atoms with Gasteiger partial charge in [-0.3, -0.25) is 4.90 Å². The zero-order valence-corrected chi connectivity index (χ0v) is 17.5. The molecule has 7 heteroatoms. The average Bonchev–Trinajstić information content (AvgIpc) is 3.16. The fraction of sp³-hybridized carbons (Fsp3) is 0.429. The molecule has 2 aromatic carbocycles. The number of anilines is 1. The molecule has 1 aliphatic rings. The second-order valence-corrected chi connectivity index (χ2v) is 9.24. The van der Waals surface area contributed by atoms with Gasteiger partial charge in [0.15, 0.2) is 0 Å². The van der Waals surface area contributed by atoms with Crippen LogP contribution in [0.15, 0.2) is 47.4 Å². The van der Waals surface area contributed by atoms with E-state index < -0.39 is 15.8 Å². The Labute approximate surface area is 167 Å². The molecule has 0 amide bonds. The first-order valence-corrected chi connectivity index (χ1v) is 11.0. The Morgan fingerprint density at radius 1 is 1.11 bits per heavy atom. The van der Waals surface area contributed by atoms with Crippen molar-refractivity contribution in [3.8, 4) is 0 Å². The lowest BCUT2D eigenvalue weighted by Gasteiger charge is -2.28. The van der Waals surface area contributed by atoms with Gasteiger partial charge in [0.05, 0.1) is 4.90 Å². The highest BCUT2D eigenvalue weighted by Gasteiger charge is 2.26. The molecular formula is C21H28FN3O2S. The Morgan fingerprint density at radius 3 is 2.32 bits per heavy atom.